The molecule has 0 aliphatic carbocycles. The summed E-state index contributed by atoms with van der Waals surface area (Å²) in [5.74, 6) is 0.510. The maximum Gasteiger partial charge on any atom is 0.173 e. The number of halogens is 1. The summed E-state index contributed by atoms with van der Waals surface area (Å²) in [4.78, 5) is 2.03. The molecule has 1 saturated heterocycles. The fraction of sp³-hybridized carbons (Fsp3) is 0.381. The Bertz CT molecular complexity index is 765. The van der Waals surface area contributed by atoms with Gasteiger partial charge in [0.05, 0.1) is 18.4 Å². The topological polar surface area (TPSA) is 33.7 Å². The van der Waals surface area contributed by atoms with Crippen LogP contribution in [0.5, 0.6) is 5.75 Å². The Kier molecular flexibility index (Phi) is 7.01. The van der Waals surface area contributed by atoms with Crippen molar-refractivity contribution in [1.82, 2.24) is 4.90 Å². The van der Waals surface area contributed by atoms with Gasteiger partial charge < -0.3 is 19.7 Å². The monoisotopic (exact) mass is 388 g/mol. The normalized spacial score (nSPS) is 16.1. The Labute approximate surface area is 165 Å². The molecule has 1 aliphatic rings. The minimum absolute atomic E-state index is 0.139. The third-order valence-corrected chi connectivity index (χ3v) is 4.79. The van der Waals surface area contributed by atoms with E-state index in [0.717, 1.165) is 36.4 Å². The van der Waals surface area contributed by atoms with Crippen molar-refractivity contribution in [2.45, 2.75) is 32.4 Å². The molecule has 0 amide bonds. The molecule has 1 fully saturated rings. The summed E-state index contributed by atoms with van der Waals surface area (Å²) < 4.78 is 25.0. The lowest BCUT2D eigenvalue weighted by Crippen LogP contribution is -2.39. The second-order valence-electron chi connectivity index (χ2n) is 6.50. The van der Waals surface area contributed by atoms with Crippen molar-refractivity contribution < 1.29 is 13.9 Å². The van der Waals surface area contributed by atoms with E-state index in [1.54, 1.807) is 12.1 Å². The summed E-state index contributed by atoms with van der Waals surface area (Å²) >= 11 is 5.68. The molecule has 4 nitrogen and oxygen atoms in total. The molecule has 6 heteroatoms. The second kappa shape index (κ2) is 9.67. The van der Waals surface area contributed by atoms with Gasteiger partial charge in [-0.2, -0.15) is 0 Å². The zero-order valence-corrected chi connectivity index (χ0v) is 16.3. The predicted octanol–water partition coefficient (Wildman–Crippen LogP) is 4.60. The zero-order valence-electron chi connectivity index (χ0n) is 15.5. The van der Waals surface area contributed by atoms with E-state index in [1.807, 2.05) is 42.2 Å². The van der Waals surface area contributed by atoms with Crippen LogP contribution in [0.1, 0.15) is 25.3 Å². The highest BCUT2D eigenvalue weighted by atomic mass is 32.1. The highest BCUT2D eigenvalue weighted by Crippen LogP contribution is 2.25. The molecule has 144 valence electrons. The maximum absolute atomic E-state index is 13.6. The van der Waals surface area contributed by atoms with E-state index < -0.39 is 0 Å². The largest absolute Gasteiger partial charge is 0.492 e. The summed E-state index contributed by atoms with van der Waals surface area (Å²) in [5, 5.41) is 3.86. The van der Waals surface area contributed by atoms with Crippen LogP contribution in [0.15, 0.2) is 48.5 Å². The number of nitrogens with one attached hydrogen (secondary N) is 1. The van der Waals surface area contributed by atoms with Crippen LogP contribution < -0.4 is 10.1 Å². The lowest BCUT2D eigenvalue weighted by atomic mass is 10.2. The zero-order chi connectivity index (χ0) is 19.1. The van der Waals surface area contributed by atoms with Crippen LogP contribution in [0.25, 0.3) is 0 Å². The molecule has 27 heavy (non-hydrogen) atoms. The summed E-state index contributed by atoms with van der Waals surface area (Å²) in [5.41, 5.74) is 1.69. The molecule has 1 atom stereocenters. The van der Waals surface area contributed by atoms with Gasteiger partial charge in [-0.1, -0.05) is 24.3 Å². The predicted molar refractivity (Wildman–Crippen MR) is 110 cm³/mol. The fourth-order valence-electron chi connectivity index (χ4n) is 3.15. The minimum Gasteiger partial charge on any atom is -0.492 e. The van der Waals surface area contributed by atoms with E-state index in [1.165, 1.54) is 6.07 Å². The van der Waals surface area contributed by atoms with Crippen molar-refractivity contribution >= 4 is 23.0 Å². The summed E-state index contributed by atoms with van der Waals surface area (Å²) in [6, 6.07) is 14.3. The van der Waals surface area contributed by atoms with Crippen molar-refractivity contribution in [2.75, 3.05) is 25.1 Å². The number of hydrogen-bond acceptors (Lipinski definition) is 3. The van der Waals surface area contributed by atoms with Crippen LogP contribution in [-0.4, -0.2) is 35.9 Å². The van der Waals surface area contributed by atoms with E-state index in [0.29, 0.717) is 24.8 Å². The van der Waals surface area contributed by atoms with Crippen molar-refractivity contribution in [3.05, 3.63) is 59.9 Å². The van der Waals surface area contributed by atoms with Gasteiger partial charge in [-0.15, -0.1) is 0 Å². The van der Waals surface area contributed by atoms with E-state index in [4.69, 9.17) is 21.7 Å². The summed E-state index contributed by atoms with van der Waals surface area (Å²) in [6.45, 7) is 4.49. The molecule has 3 rings (SSSR count). The molecule has 0 spiro atoms. The molecule has 1 aliphatic heterocycles. The van der Waals surface area contributed by atoms with E-state index in [9.17, 15) is 4.39 Å². The average Bonchev–Trinajstić information content (AvgIpc) is 3.16. The van der Waals surface area contributed by atoms with Gasteiger partial charge in [-0.3, -0.25) is 0 Å². The standard InChI is InChI=1S/C21H25FN2O2S/c1-2-25-20-11-4-3-10-19(20)23-21(27)24(15-18-9-6-12-26-18)14-16-7-5-8-17(22)13-16/h3-5,7-8,10-11,13,18H,2,6,9,12,14-15H2,1H3,(H,23,27). The molecular formula is C21H25FN2O2S. The van der Waals surface area contributed by atoms with Crippen molar-refractivity contribution in [2.24, 2.45) is 0 Å². The molecule has 1 unspecified atom stereocenters. The maximum atomic E-state index is 13.6. The van der Waals surface area contributed by atoms with Gasteiger partial charge in [0, 0.05) is 19.7 Å². The van der Waals surface area contributed by atoms with Gasteiger partial charge in [-0.05, 0) is 61.8 Å². The lowest BCUT2D eigenvalue weighted by molar-refractivity contribution is 0.0905. The van der Waals surface area contributed by atoms with Crippen LogP contribution in [0.3, 0.4) is 0 Å². The van der Waals surface area contributed by atoms with Crippen LogP contribution in [0, 0.1) is 5.82 Å². The SMILES string of the molecule is CCOc1ccccc1NC(=S)N(Cc1cccc(F)c1)CC1CCCO1. The van der Waals surface area contributed by atoms with Gasteiger partial charge in [0.2, 0.25) is 0 Å². The van der Waals surface area contributed by atoms with Crippen molar-refractivity contribution in [3.8, 4) is 5.75 Å². The third-order valence-electron chi connectivity index (χ3n) is 4.43. The molecule has 1 heterocycles. The lowest BCUT2D eigenvalue weighted by Gasteiger charge is -2.29. The first-order valence-corrected chi connectivity index (χ1v) is 9.70. The molecule has 0 saturated carbocycles. The highest BCUT2D eigenvalue weighted by Gasteiger charge is 2.22. The Hall–Kier alpha value is -2.18. The van der Waals surface area contributed by atoms with Gasteiger partial charge in [-0.25, -0.2) is 4.39 Å². The number of rotatable bonds is 7. The number of ether oxygens (including phenoxy) is 2. The number of benzene rings is 2. The summed E-state index contributed by atoms with van der Waals surface area (Å²) in [7, 11) is 0. The molecule has 0 aromatic heterocycles. The Morgan fingerprint density at radius 2 is 2.15 bits per heavy atom. The van der Waals surface area contributed by atoms with Crippen molar-refractivity contribution in [1.29, 1.82) is 0 Å². The Morgan fingerprint density at radius 1 is 1.30 bits per heavy atom. The average molecular weight is 389 g/mol. The molecule has 0 bridgehead atoms. The quantitative estimate of drug-likeness (QED) is 0.701. The number of nitrogens with zero attached hydrogens (tertiary/aromatic N) is 1. The number of thiocarbonyl (C=S) groups is 1. The molecule has 0 radical (unpaired) electrons. The second-order valence-corrected chi connectivity index (χ2v) is 6.89. The molecule has 2 aromatic carbocycles. The molecular weight excluding hydrogens is 363 g/mol. The van der Waals surface area contributed by atoms with Gasteiger partial charge in [0.1, 0.15) is 11.6 Å². The molecule has 2 aromatic rings. The Balaban J connectivity index is 1.75. The van der Waals surface area contributed by atoms with Crippen LogP contribution in [0.2, 0.25) is 0 Å². The molecule has 1 N–H and O–H groups in total. The van der Waals surface area contributed by atoms with Crippen molar-refractivity contribution in [3.63, 3.8) is 0 Å². The smallest absolute Gasteiger partial charge is 0.173 e. The number of para-hydroxylation sites is 2. The van der Waals surface area contributed by atoms with E-state index in [-0.39, 0.29) is 11.9 Å². The van der Waals surface area contributed by atoms with E-state index in [2.05, 4.69) is 5.32 Å². The van der Waals surface area contributed by atoms with Crippen LogP contribution in [0.4, 0.5) is 10.1 Å². The van der Waals surface area contributed by atoms with Gasteiger partial charge in [0.25, 0.3) is 0 Å². The Morgan fingerprint density at radius 3 is 2.89 bits per heavy atom. The number of hydrogen-bond donors (Lipinski definition) is 1. The first-order valence-electron chi connectivity index (χ1n) is 9.29. The number of anilines is 1. The van der Waals surface area contributed by atoms with Crippen LogP contribution >= 0.6 is 12.2 Å². The minimum atomic E-state index is -0.245. The van der Waals surface area contributed by atoms with Gasteiger partial charge >= 0.3 is 0 Å². The van der Waals surface area contributed by atoms with Gasteiger partial charge in [0.15, 0.2) is 5.11 Å². The van der Waals surface area contributed by atoms with E-state index >= 15 is 0 Å². The fourth-order valence-corrected chi connectivity index (χ4v) is 3.40. The summed E-state index contributed by atoms with van der Waals surface area (Å²) in [6.07, 6.45) is 2.21. The first kappa shape index (κ1) is 19.6. The van der Waals surface area contributed by atoms with Crippen LogP contribution in [-0.2, 0) is 11.3 Å². The highest BCUT2D eigenvalue weighted by molar-refractivity contribution is 7.80. The first-order chi connectivity index (χ1) is 13.2. The third kappa shape index (κ3) is 5.65.